The zero-order valence-corrected chi connectivity index (χ0v) is 8.53. The molecule has 0 bridgehead atoms. The summed E-state index contributed by atoms with van der Waals surface area (Å²) in [5, 5.41) is 3.58. The van der Waals surface area contributed by atoms with Crippen molar-refractivity contribution in [3.63, 3.8) is 0 Å². The Morgan fingerprint density at radius 3 is 2.71 bits per heavy atom. The van der Waals surface area contributed by atoms with Crippen LogP contribution in [-0.4, -0.2) is 16.7 Å². The summed E-state index contributed by atoms with van der Waals surface area (Å²) in [6, 6.07) is 1.48. The van der Waals surface area contributed by atoms with Gasteiger partial charge in [-0.15, -0.1) is 0 Å². The summed E-state index contributed by atoms with van der Waals surface area (Å²) in [6.45, 7) is 5.59. The van der Waals surface area contributed by atoms with E-state index in [1.807, 2.05) is 0 Å². The highest BCUT2D eigenvalue weighted by Gasteiger charge is 2.21. The van der Waals surface area contributed by atoms with E-state index in [4.69, 9.17) is 15.0 Å². The molecular weight excluding hydrogens is 184 g/mol. The molecule has 0 fully saturated rings. The molecule has 0 saturated heterocycles. The molecule has 1 rings (SSSR count). The molecule has 1 heterocycles. The fourth-order valence-corrected chi connectivity index (χ4v) is 0.833. The first-order chi connectivity index (χ1) is 6.42. The second-order valence-electron chi connectivity index (χ2n) is 3.89. The third-order valence-corrected chi connectivity index (χ3v) is 1.37. The van der Waals surface area contributed by atoms with E-state index in [2.05, 4.69) is 5.16 Å². The Balaban J connectivity index is 2.70. The van der Waals surface area contributed by atoms with Crippen molar-refractivity contribution in [2.45, 2.75) is 32.9 Å². The molecule has 1 aromatic heterocycles. The minimum atomic E-state index is -0.535. The minimum absolute atomic E-state index is 0.0837. The molecule has 78 valence electrons. The number of nitrogens with zero attached hydrogens (tertiary/aromatic N) is 1. The van der Waals surface area contributed by atoms with Crippen molar-refractivity contribution in [3.05, 3.63) is 17.5 Å². The minimum Gasteiger partial charge on any atom is -0.454 e. The molecule has 0 saturated carbocycles. The van der Waals surface area contributed by atoms with Gasteiger partial charge in [0.05, 0.1) is 5.69 Å². The third-order valence-electron chi connectivity index (χ3n) is 1.37. The number of carbonyl (C=O) groups is 1. The number of nitrogens with two attached hydrogens (primary N) is 1. The van der Waals surface area contributed by atoms with Gasteiger partial charge in [0, 0.05) is 12.6 Å². The van der Waals surface area contributed by atoms with E-state index < -0.39 is 11.6 Å². The van der Waals surface area contributed by atoms with Crippen LogP contribution in [0.4, 0.5) is 0 Å². The van der Waals surface area contributed by atoms with Crippen LogP contribution in [0.2, 0.25) is 0 Å². The lowest BCUT2D eigenvalue weighted by atomic mass is 10.2. The second kappa shape index (κ2) is 3.79. The maximum absolute atomic E-state index is 11.4. The zero-order valence-electron chi connectivity index (χ0n) is 8.53. The fourth-order valence-electron chi connectivity index (χ4n) is 0.833. The van der Waals surface area contributed by atoms with Crippen LogP contribution < -0.4 is 5.73 Å². The van der Waals surface area contributed by atoms with E-state index >= 15 is 0 Å². The van der Waals surface area contributed by atoms with Gasteiger partial charge in [-0.25, -0.2) is 4.79 Å². The van der Waals surface area contributed by atoms with Crippen LogP contribution in [0, 0.1) is 0 Å². The summed E-state index contributed by atoms with van der Waals surface area (Å²) >= 11 is 0. The molecule has 0 amide bonds. The first kappa shape index (κ1) is 10.7. The summed E-state index contributed by atoms with van der Waals surface area (Å²) in [5.74, 6) is -0.440. The molecule has 0 aliphatic carbocycles. The summed E-state index contributed by atoms with van der Waals surface area (Å²) in [4.78, 5) is 11.4. The predicted molar refractivity (Wildman–Crippen MR) is 49.6 cm³/mol. The molecule has 5 nitrogen and oxygen atoms in total. The Labute approximate surface area is 82.2 Å². The largest absolute Gasteiger partial charge is 0.454 e. The maximum Gasteiger partial charge on any atom is 0.377 e. The highest BCUT2D eigenvalue weighted by molar-refractivity contribution is 5.86. The van der Waals surface area contributed by atoms with Gasteiger partial charge in [0.25, 0.3) is 0 Å². The van der Waals surface area contributed by atoms with Gasteiger partial charge in [-0.2, -0.15) is 0 Å². The highest BCUT2D eigenvalue weighted by atomic mass is 16.6. The van der Waals surface area contributed by atoms with Gasteiger partial charge in [0.1, 0.15) is 5.60 Å². The molecule has 0 unspecified atom stereocenters. The van der Waals surface area contributed by atoms with Gasteiger partial charge in [-0.3, -0.25) is 0 Å². The summed E-state index contributed by atoms with van der Waals surface area (Å²) in [5.41, 5.74) is 5.31. The van der Waals surface area contributed by atoms with Crippen LogP contribution in [0.25, 0.3) is 0 Å². The second-order valence-corrected chi connectivity index (χ2v) is 3.89. The fraction of sp³-hybridized carbons (Fsp3) is 0.556. The lowest BCUT2D eigenvalue weighted by Crippen LogP contribution is -2.23. The molecule has 0 aromatic carbocycles. The van der Waals surface area contributed by atoms with E-state index in [-0.39, 0.29) is 12.3 Å². The van der Waals surface area contributed by atoms with Crippen LogP contribution in [0.1, 0.15) is 37.0 Å². The van der Waals surface area contributed by atoms with Gasteiger partial charge in [-0.1, -0.05) is 5.16 Å². The first-order valence-electron chi connectivity index (χ1n) is 4.31. The Bertz CT molecular complexity index is 325. The van der Waals surface area contributed by atoms with Crippen molar-refractivity contribution in [2.75, 3.05) is 0 Å². The van der Waals surface area contributed by atoms with Crippen LogP contribution >= 0.6 is 0 Å². The van der Waals surface area contributed by atoms with Gasteiger partial charge in [0.2, 0.25) is 5.76 Å². The van der Waals surface area contributed by atoms with E-state index in [1.54, 1.807) is 20.8 Å². The van der Waals surface area contributed by atoms with E-state index in [0.717, 1.165) is 0 Å². The van der Waals surface area contributed by atoms with Crippen LogP contribution in [0.15, 0.2) is 10.6 Å². The van der Waals surface area contributed by atoms with Crippen molar-refractivity contribution >= 4 is 5.97 Å². The summed E-state index contributed by atoms with van der Waals surface area (Å²) < 4.78 is 9.83. The van der Waals surface area contributed by atoms with Gasteiger partial charge >= 0.3 is 5.97 Å². The summed E-state index contributed by atoms with van der Waals surface area (Å²) in [6.07, 6.45) is 0. The highest BCUT2D eigenvalue weighted by Crippen LogP contribution is 2.12. The molecule has 0 aliphatic rings. The number of hydrogen-bond acceptors (Lipinski definition) is 5. The first-order valence-corrected chi connectivity index (χ1v) is 4.31. The van der Waals surface area contributed by atoms with Gasteiger partial charge in [0.15, 0.2) is 0 Å². The van der Waals surface area contributed by atoms with Crippen LogP contribution in [0.5, 0.6) is 0 Å². The monoisotopic (exact) mass is 198 g/mol. The van der Waals surface area contributed by atoms with Crippen molar-refractivity contribution in [2.24, 2.45) is 5.73 Å². The average Bonchev–Trinajstić information content (AvgIpc) is 2.48. The molecule has 2 N–H and O–H groups in total. The number of hydrogen-bond donors (Lipinski definition) is 1. The smallest absolute Gasteiger partial charge is 0.377 e. The molecule has 0 atom stereocenters. The molecule has 0 aliphatic heterocycles. The quantitative estimate of drug-likeness (QED) is 0.719. The van der Waals surface area contributed by atoms with Crippen LogP contribution in [-0.2, 0) is 11.3 Å². The molecule has 1 aromatic rings. The lowest BCUT2D eigenvalue weighted by molar-refractivity contribution is 0.00276. The number of aromatic nitrogens is 1. The van der Waals surface area contributed by atoms with Crippen molar-refractivity contribution in [1.29, 1.82) is 0 Å². The van der Waals surface area contributed by atoms with E-state index in [0.29, 0.717) is 5.69 Å². The number of rotatable bonds is 2. The van der Waals surface area contributed by atoms with Crippen LogP contribution in [0.3, 0.4) is 0 Å². The number of carbonyl (C=O) groups excluding carboxylic acids is 1. The molecule has 0 spiro atoms. The third kappa shape index (κ3) is 2.85. The lowest BCUT2D eigenvalue weighted by Gasteiger charge is -2.17. The Morgan fingerprint density at radius 2 is 2.29 bits per heavy atom. The Morgan fingerprint density at radius 1 is 1.64 bits per heavy atom. The number of ether oxygens (including phenoxy) is 1. The topological polar surface area (TPSA) is 78.4 Å². The SMILES string of the molecule is CC(C)(C)OC(=O)c1cc(CN)no1. The average molecular weight is 198 g/mol. The van der Waals surface area contributed by atoms with Crippen molar-refractivity contribution in [3.8, 4) is 0 Å². The van der Waals surface area contributed by atoms with Gasteiger partial charge in [-0.05, 0) is 20.8 Å². The normalized spacial score (nSPS) is 11.4. The van der Waals surface area contributed by atoms with E-state index in [9.17, 15) is 4.79 Å². The molecule has 5 heteroatoms. The van der Waals surface area contributed by atoms with E-state index in [1.165, 1.54) is 6.07 Å². The molecular formula is C9H14N2O3. The Kier molecular flexibility index (Phi) is 2.90. The van der Waals surface area contributed by atoms with Crippen molar-refractivity contribution < 1.29 is 14.1 Å². The van der Waals surface area contributed by atoms with Crippen molar-refractivity contribution in [1.82, 2.24) is 5.16 Å². The molecule has 14 heavy (non-hydrogen) atoms. The maximum atomic E-state index is 11.4. The standard InChI is InChI=1S/C9H14N2O3/c1-9(2,3)13-8(12)7-4-6(5-10)11-14-7/h4H,5,10H2,1-3H3. The Hall–Kier alpha value is -1.36. The number of esters is 1. The predicted octanol–water partition coefficient (Wildman–Crippen LogP) is 1.09. The van der Waals surface area contributed by atoms with Gasteiger partial charge < -0.3 is 15.0 Å². The zero-order chi connectivity index (χ0) is 10.8. The molecule has 0 radical (unpaired) electrons. The summed E-state index contributed by atoms with van der Waals surface area (Å²) in [7, 11) is 0.